The van der Waals surface area contributed by atoms with Gasteiger partial charge < -0.3 is 15.0 Å². The first kappa shape index (κ1) is 20.2. The molecule has 8 heteroatoms. The Kier molecular flexibility index (Phi) is 5.59. The molecule has 0 fully saturated rings. The highest BCUT2D eigenvalue weighted by molar-refractivity contribution is 7.99. The normalized spacial score (nSPS) is 17.6. The standard InChI is InChI=1S/C22H21N3O4S/c1-3-11-30-22-24-19-18(20(27)25-22)16(17-14(23-19)5-4-6-15(17)26)12-7-9-13(10-8-12)21(28)29-2/h3,7-10,16H,1,4-6,11H2,2H3,(H2,23,24,25,27)/t16-/m1/s1. The minimum absolute atomic E-state index is 0.0287. The maximum Gasteiger partial charge on any atom is 0.337 e. The summed E-state index contributed by atoms with van der Waals surface area (Å²) in [5.41, 5.74) is 2.72. The predicted octanol–water partition coefficient (Wildman–Crippen LogP) is 3.40. The van der Waals surface area contributed by atoms with E-state index >= 15 is 0 Å². The Hall–Kier alpha value is -3.13. The van der Waals surface area contributed by atoms with Gasteiger partial charge in [0.1, 0.15) is 5.82 Å². The number of rotatable bonds is 5. The van der Waals surface area contributed by atoms with Gasteiger partial charge in [-0.25, -0.2) is 9.78 Å². The van der Waals surface area contributed by atoms with Gasteiger partial charge in [0.15, 0.2) is 10.9 Å². The molecule has 2 heterocycles. The number of ketones is 1. The molecule has 2 aromatic rings. The number of esters is 1. The molecule has 30 heavy (non-hydrogen) atoms. The smallest absolute Gasteiger partial charge is 0.337 e. The molecular formula is C22H21N3O4S. The highest BCUT2D eigenvalue weighted by atomic mass is 32.2. The van der Waals surface area contributed by atoms with Crippen molar-refractivity contribution in [2.24, 2.45) is 0 Å². The average Bonchev–Trinajstić information content (AvgIpc) is 2.76. The Morgan fingerprint density at radius 3 is 2.77 bits per heavy atom. The largest absolute Gasteiger partial charge is 0.465 e. The van der Waals surface area contributed by atoms with E-state index in [1.54, 1.807) is 30.3 Å². The van der Waals surface area contributed by atoms with Gasteiger partial charge in [0.2, 0.25) is 0 Å². The Morgan fingerprint density at radius 1 is 1.30 bits per heavy atom. The number of ether oxygens (including phenoxy) is 1. The SMILES string of the molecule is C=CCSc1nc2c(c(=O)[nH]1)[C@H](c1ccc(C(=O)OC)cc1)C1=C(CCCC1=O)N2. The summed E-state index contributed by atoms with van der Waals surface area (Å²) in [6.45, 7) is 3.69. The first-order valence-electron chi connectivity index (χ1n) is 9.63. The summed E-state index contributed by atoms with van der Waals surface area (Å²) >= 11 is 1.38. The summed E-state index contributed by atoms with van der Waals surface area (Å²) in [4.78, 5) is 45.1. The van der Waals surface area contributed by atoms with Crippen molar-refractivity contribution in [3.05, 3.63) is 75.2 Å². The Morgan fingerprint density at radius 2 is 2.07 bits per heavy atom. The molecule has 1 atom stereocenters. The average molecular weight is 423 g/mol. The number of methoxy groups -OCH3 is 1. The van der Waals surface area contributed by atoms with E-state index in [2.05, 4.69) is 21.9 Å². The van der Waals surface area contributed by atoms with E-state index in [-0.39, 0.29) is 11.3 Å². The van der Waals surface area contributed by atoms with Gasteiger partial charge >= 0.3 is 5.97 Å². The van der Waals surface area contributed by atoms with E-state index in [1.807, 2.05) is 0 Å². The number of fused-ring (bicyclic) bond motifs is 1. The third-order valence-corrected chi connectivity index (χ3v) is 6.11. The maximum absolute atomic E-state index is 13.1. The van der Waals surface area contributed by atoms with Crippen LogP contribution < -0.4 is 10.9 Å². The number of carbonyl (C=O) groups is 2. The lowest BCUT2D eigenvalue weighted by molar-refractivity contribution is -0.116. The van der Waals surface area contributed by atoms with E-state index in [0.29, 0.717) is 39.8 Å². The summed E-state index contributed by atoms with van der Waals surface area (Å²) in [6, 6.07) is 6.81. The monoisotopic (exact) mass is 423 g/mol. The van der Waals surface area contributed by atoms with E-state index in [9.17, 15) is 14.4 Å². The molecule has 0 saturated carbocycles. The van der Waals surface area contributed by atoms with E-state index < -0.39 is 11.9 Å². The van der Waals surface area contributed by atoms with Gasteiger partial charge in [0.05, 0.1) is 18.2 Å². The molecule has 1 aliphatic carbocycles. The van der Waals surface area contributed by atoms with Crippen molar-refractivity contribution in [2.75, 3.05) is 18.2 Å². The zero-order valence-corrected chi connectivity index (χ0v) is 17.3. The highest BCUT2D eigenvalue weighted by Gasteiger charge is 2.37. The number of carbonyl (C=O) groups excluding carboxylic acids is 2. The first-order chi connectivity index (χ1) is 14.5. The minimum atomic E-state index is -0.537. The molecule has 0 radical (unpaired) electrons. The molecule has 4 rings (SSSR count). The zero-order chi connectivity index (χ0) is 21.3. The molecule has 0 amide bonds. The zero-order valence-electron chi connectivity index (χ0n) is 16.5. The fraction of sp³-hybridized carbons (Fsp3) is 0.273. The lowest BCUT2D eigenvalue weighted by Crippen LogP contribution is -2.32. The fourth-order valence-corrected chi connectivity index (χ4v) is 4.51. The predicted molar refractivity (Wildman–Crippen MR) is 115 cm³/mol. The van der Waals surface area contributed by atoms with Crippen molar-refractivity contribution < 1.29 is 14.3 Å². The van der Waals surface area contributed by atoms with Crippen molar-refractivity contribution in [3.63, 3.8) is 0 Å². The second-order valence-corrected chi connectivity index (χ2v) is 8.08. The molecular weight excluding hydrogens is 402 g/mol. The van der Waals surface area contributed by atoms with Gasteiger partial charge in [-0.3, -0.25) is 9.59 Å². The highest BCUT2D eigenvalue weighted by Crippen LogP contribution is 2.43. The number of nitrogens with zero attached hydrogens (tertiary/aromatic N) is 1. The summed E-state index contributed by atoms with van der Waals surface area (Å²) in [5, 5.41) is 3.74. The summed E-state index contributed by atoms with van der Waals surface area (Å²) in [7, 11) is 1.32. The molecule has 7 nitrogen and oxygen atoms in total. The number of hydrogen-bond acceptors (Lipinski definition) is 7. The van der Waals surface area contributed by atoms with E-state index in [1.165, 1.54) is 18.9 Å². The number of thioether (sulfide) groups is 1. The van der Waals surface area contributed by atoms with Crippen LogP contribution in [0.1, 0.15) is 46.7 Å². The van der Waals surface area contributed by atoms with Crippen molar-refractivity contribution in [1.29, 1.82) is 0 Å². The number of aromatic amines is 1. The van der Waals surface area contributed by atoms with Gasteiger partial charge in [-0.05, 0) is 30.5 Å². The van der Waals surface area contributed by atoms with Crippen molar-refractivity contribution >= 4 is 29.3 Å². The van der Waals surface area contributed by atoms with E-state index in [4.69, 9.17) is 4.74 Å². The van der Waals surface area contributed by atoms with E-state index in [0.717, 1.165) is 24.1 Å². The Balaban J connectivity index is 1.86. The van der Waals surface area contributed by atoms with Gasteiger partial charge in [-0.1, -0.05) is 30.0 Å². The van der Waals surface area contributed by atoms with Crippen LogP contribution in [0.5, 0.6) is 0 Å². The molecule has 0 saturated heterocycles. The molecule has 1 aromatic heterocycles. The second kappa shape index (κ2) is 8.31. The topological polar surface area (TPSA) is 101 Å². The van der Waals surface area contributed by atoms with Crippen molar-refractivity contribution in [2.45, 2.75) is 30.3 Å². The van der Waals surface area contributed by atoms with Crippen LogP contribution in [0.2, 0.25) is 0 Å². The van der Waals surface area contributed by atoms with Crippen molar-refractivity contribution in [3.8, 4) is 0 Å². The van der Waals surface area contributed by atoms with Crippen molar-refractivity contribution in [1.82, 2.24) is 9.97 Å². The third-order valence-electron chi connectivity index (χ3n) is 5.24. The van der Waals surface area contributed by atoms with Gasteiger partial charge in [-0.2, -0.15) is 0 Å². The van der Waals surface area contributed by atoms with Gasteiger partial charge in [-0.15, -0.1) is 6.58 Å². The molecule has 154 valence electrons. The lowest BCUT2D eigenvalue weighted by atomic mass is 9.76. The fourth-order valence-electron chi connectivity index (χ4n) is 3.91. The molecule has 2 N–H and O–H groups in total. The number of aromatic nitrogens is 2. The molecule has 0 spiro atoms. The minimum Gasteiger partial charge on any atom is -0.465 e. The number of benzene rings is 1. The number of nitrogens with one attached hydrogen (secondary N) is 2. The Labute approximate surface area is 177 Å². The van der Waals surface area contributed by atoms with Crippen LogP contribution in [-0.2, 0) is 9.53 Å². The first-order valence-corrected chi connectivity index (χ1v) is 10.6. The number of anilines is 1. The Bertz CT molecular complexity index is 1120. The number of H-pyrrole nitrogens is 1. The number of hydrogen-bond donors (Lipinski definition) is 2. The number of allylic oxidation sites excluding steroid dienone is 2. The maximum atomic E-state index is 13.1. The van der Waals surface area contributed by atoms with Crippen LogP contribution >= 0.6 is 11.8 Å². The molecule has 0 bridgehead atoms. The summed E-state index contributed by atoms with van der Waals surface area (Å²) < 4.78 is 4.76. The van der Waals surface area contributed by atoms with Crippen LogP contribution in [0.25, 0.3) is 0 Å². The van der Waals surface area contributed by atoms with Gasteiger partial charge in [0.25, 0.3) is 5.56 Å². The summed E-state index contributed by atoms with van der Waals surface area (Å²) in [6.07, 6.45) is 3.67. The van der Waals surface area contributed by atoms with Crippen LogP contribution in [-0.4, -0.2) is 34.6 Å². The third kappa shape index (κ3) is 3.59. The second-order valence-electron chi connectivity index (χ2n) is 7.07. The number of Topliss-reactive ketones (excluding diaryl/α,β-unsaturated/α-hetero) is 1. The van der Waals surface area contributed by atoms with Crippen LogP contribution in [0.15, 0.2) is 58.1 Å². The molecule has 0 unspecified atom stereocenters. The quantitative estimate of drug-likeness (QED) is 0.329. The summed E-state index contributed by atoms with van der Waals surface area (Å²) in [5.74, 6) is 0.142. The van der Waals surface area contributed by atoms with Crippen LogP contribution in [0, 0.1) is 0 Å². The van der Waals surface area contributed by atoms with Crippen LogP contribution in [0.3, 0.4) is 0 Å². The lowest BCUT2D eigenvalue weighted by Gasteiger charge is -2.32. The van der Waals surface area contributed by atoms with Crippen LogP contribution in [0.4, 0.5) is 5.82 Å². The molecule has 2 aliphatic rings. The van der Waals surface area contributed by atoms with Gasteiger partial charge in [0, 0.05) is 29.4 Å². The molecule has 1 aliphatic heterocycles. The molecule has 1 aromatic carbocycles.